The van der Waals surface area contributed by atoms with Crippen molar-refractivity contribution in [2.75, 3.05) is 6.61 Å². The second kappa shape index (κ2) is 6.12. The molecule has 5 heteroatoms. The van der Waals surface area contributed by atoms with Crippen LogP contribution in [0.5, 0.6) is 0 Å². The maximum absolute atomic E-state index is 8.94. The van der Waals surface area contributed by atoms with Crippen LogP contribution >= 0.6 is 0 Å². The molecule has 0 unspecified atom stereocenters. The standard InChI is InChI=1S/C12H21N3O2/c13-10(8-16)12-14-11(15-17-12)9-6-4-2-1-3-5-7-9/h9-10,16H,1-8,13H2/t10-/m0/s1. The lowest BCUT2D eigenvalue weighted by atomic mass is 9.91. The average Bonchev–Trinajstić information content (AvgIpc) is 2.77. The highest BCUT2D eigenvalue weighted by Crippen LogP contribution is 2.29. The first-order valence-electron chi connectivity index (χ1n) is 6.51. The summed E-state index contributed by atoms with van der Waals surface area (Å²) in [5.41, 5.74) is 5.65. The van der Waals surface area contributed by atoms with Gasteiger partial charge in [0, 0.05) is 5.92 Å². The maximum atomic E-state index is 8.94. The fraction of sp³-hybridized carbons (Fsp3) is 0.833. The maximum Gasteiger partial charge on any atom is 0.245 e. The number of aromatic nitrogens is 2. The zero-order valence-corrected chi connectivity index (χ0v) is 10.1. The fourth-order valence-corrected chi connectivity index (χ4v) is 2.36. The highest BCUT2D eigenvalue weighted by Gasteiger charge is 2.21. The lowest BCUT2D eigenvalue weighted by molar-refractivity contribution is 0.236. The minimum atomic E-state index is -0.551. The van der Waals surface area contributed by atoms with Gasteiger partial charge in [-0.05, 0) is 12.8 Å². The van der Waals surface area contributed by atoms with Crippen molar-refractivity contribution < 1.29 is 9.63 Å². The van der Waals surface area contributed by atoms with Gasteiger partial charge in [-0.2, -0.15) is 4.98 Å². The Morgan fingerprint density at radius 1 is 1.24 bits per heavy atom. The molecule has 0 saturated heterocycles. The van der Waals surface area contributed by atoms with Gasteiger partial charge >= 0.3 is 0 Å². The molecule has 1 heterocycles. The minimum Gasteiger partial charge on any atom is -0.394 e. The van der Waals surface area contributed by atoms with Crippen LogP contribution in [-0.2, 0) is 0 Å². The molecule has 1 fully saturated rings. The lowest BCUT2D eigenvalue weighted by Crippen LogP contribution is -2.15. The van der Waals surface area contributed by atoms with Crippen molar-refractivity contribution in [2.45, 2.75) is 56.9 Å². The summed E-state index contributed by atoms with van der Waals surface area (Å²) in [6, 6.07) is -0.551. The largest absolute Gasteiger partial charge is 0.394 e. The third-order valence-corrected chi connectivity index (χ3v) is 3.44. The van der Waals surface area contributed by atoms with E-state index in [2.05, 4.69) is 10.1 Å². The van der Waals surface area contributed by atoms with Crippen molar-refractivity contribution >= 4 is 0 Å². The molecule has 1 saturated carbocycles. The second-order valence-electron chi connectivity index (χ2n) is 4.82. The van der Waals surface area contributed by atoms with E-state index in [-0.39, 0.29) is 6.61 Å². The number of hydrogen-bond acceptors (Lipinski definition) is 5. The zero-order valence-electron chi connectivity index (χ0n) is 10.1. The van der Waals surface area contributed by atoms with Gasteiger partial charge < -0.3 is 15.4 Å². The number of nitrogens with two attached hydrogens (primary N) is 1. The second-order valence-corrected chi connectivity index (χ2v) is 4.82. The van der Waals surface area contributed by atoms with Gasteiger partial charge in [-0.3, -0.25) is 0 Å². The van der Waals surface area contributed by atoms with E-state index in [0.29, 0.717) is 11.8 Å². The summed E-state index contributed by atoms with van der Waals surface area (Å²) < 4.78 is 5.10. The molecule has 5 nitrogen and oxygen atoms in total. The Labute approximate surface area is 101 Å². The summed E-state index contributed by atoms with van der Waals surface area (Å²) in [5, 5.41) is 12.9. The van der Waals surface area contributed by atoms with Crippen LogP contribution in [0.25, 0.3) is 0 Å². The van der Waals surface area contributed by atoms with E-state index in [1.54, 1.807) is 0 Å². The van der Waals surface area contributed by atoms with Crippen molar-refractivity contribution in [1.82, 2.24) is 10.1 Å². The molecule has 17 heavy (non-hydrogen) atoms. The molecule has 0 aliphatic heterocycles. The molecular formula is C12H21N3O2. The van der Waals surface area contributed by atoms with E-state index in [0.717, 1.165) is 18.7 Å². The Morgan fingerprint density at radius 3 is 2.53 bits per heavy atom. The molecule has 3 N–H and O–H groups in total. The third-order valence-electron chi connectivity index (χ3n) is 3.44. The zero-order chi connectivity index (χ0) is 12.1. The monoisotopic (exact) mass is 239 g/mol. The van der Waals surface area contributed by atoms with Crippen LogP contribution in [-0.4, -0.2) is 21.9 Å². The van der Waals surface area contributed by atoms with Crippen molar-refractivity contribution in [3.05, 3.63) is 11.7 Å². The average molecular weight is 239 g/mol. The van der Waals surface area contributed by atoms with Crippen LogP contribution in [0.3, 0.4) is 0 Å². The first kappa shape index (κ1) is 12.5. The molecule has 0 bridgehead atoms. The molecule has 0 spiro atoms. The topological polar surface area (TPSA) is 85.2 Å². The molecule has 1 aliphatic carbocycles. The van der Waals surface area contributed by atoms with E-state index in [9.17, 15) is 0 Å². The normalized spacial score (nSPS) is 20.8. The lowest BCUT2D eigenvalue weighted by Gasteiger charge is -2.15. The first-order valence-corrected chi connectivity index (χ1v) is 6.51. The number of hydrogen-bond donors (Lipinski definition) is 2. The molecule has 0 radical (unpaired) electrons. The van der Waals surface area contributed by atoms with E-state index in [1.165, 1.54) is 32.1 Å². The Morgan fingerprint density at radius 2 is 1.88 bits per heavy atom. The Hall–Kier alpha value is -0.940. The number of rotatable bonds is 3. The van der Waals surface area contributed by atoms with Gasteiger partial charge in [0.15, 0.2) is 5.82 Å². The van der Waals surface area contributed by atoms with Gasteiger partial charge in [-0.15, -0.1) is 0 Å². The summed E-state index contributed by atoms with van der Waals surface area (Å²) in [7, 11) is 0. The summed E-state index contributed by atoms with van der Waals surface area (Å²) in [6.07, 6.45) is 8.69. The molecule has 2 rings (SSSR count). The Balaban J connectivity index is 2.01. The molecule has 0 amide bonds. The van der Waals surface area contributed by atoms with Crippen LogP contribution in [0, 0.1) is 0 Å². The summed E-state index contributed by atoms with van der Waals surface area (Å²) in [4.78, 5) is 4.31. The van der Waals surface area contributed by atoms with Crippen molar-refractivity contribution in [1.29, 1.82) is 0 Å². The summed E-state index contributed by atoms with van der Waals surface area (Å²) >= 11 is 0. The predicted molar refractivity (Wildman–Crippen MR) is 63.4 cm³/mol. The number of nitrogens with zero attached hydrogens (tertiary/aromatic N) is 2. The van der Waals surface area contributed by atoms with E-state index in [4.69, 9.17) is 15.4 Å². The highest BCUT2D eigenvalue weighted by molar-refractivity contribution is 4.98. The SMILES string of the molecule is N[C@@H](CO)c1nc(C2CCCCCCC2)no1. The number of aliphatic hydroxyl groups is 1. The van der Waals surface area contributed by atoms with Crippen LogP contribution < -0.4 is 5.73 Å². The van der Waals surface area contributed by atoms with Gasteiger partial charge in [0.1, 0.15) is 6.04 Å². The highest BCUT2D eigenvalue weighted by atomic mass is 16.5. The van der Waals surface area contributed by atoms with Crippen LogP contribution in [0.4, 0.5) is 0 Å². The van der Waals surface area contributed by atoms with Crippen molar-refractivity contribution in [3.63, 3.8) is 0 Å². The quantitative estimate of drug-likeness (QED) is 0.841. The molecule has 1 aliphatic rings. The van der Waals surface area contributed by atoms with Crippen LogP contribution in [0.1, 0.15) is 68.6 Å². The van der Waals surface area contributed by atoms with E-state index in [1.807, 2.05) is 0 Å². The fourth-order valence-electron chi connectivity index (χ4n) is 2.36. The number of aliphatic hydroxyl groups excluding tert-OH is 1. The van der Waals surface area contributed by atoms with Gasteiger partial charge in [-0.25, -0.2) is 0 Å². The van der Waals surface area contributed by atoms with Gasteiger partial charge in [-0.1, -0.05) is 37.3 Å². The smallest absolute Gasteiger partial charge is 0.245 e. The molecular weight excluding hydrogens is 218 g/mol. The van der Waals surface area contributed by atoms with Crippen molar-refractivity contribution in [3.8, 4) is 0 Å². The van der Waals surface area contributed by atoms with Crippen LogP contribution in [0.2, 0.25) is 0 Å². The molecule has 0 aromatic carbocycles. The minimum absolute atomic E-state index is 0.160. The Bertz CT molecular complexity index is 332. The first-order chi connectivity index (χ1) is 8.31. The molecule has 96 valence electrons. The van der Waals surface area contributed by atoms with Gasteiger partial charge in [0.25, 0.3) is 0 Å². The third kappa shape index (κ3) is 3.26. The van der Waals surface area contributed by atoms with Crippen molar-refractivity contribution in [2.24, 2.45) is 5.73 Å². The van der Waals surface area contributed by atoms with E-state index < -0.39 is 6.04 Å². The summed E-state index contributed by atoms with van der Waals surface area (Å²) in [6.45, 7) is -0.160. The molecule has 1 aromatic heterocycles. The predicted octanol–water partition coefficient (Wildman–Crippen LogP) is 1.89. The van der Waals surface area contributed by atoms with Crippen LogP contribution in [0.15, 0.2) is 4.52 Å². The molecule has 1 atom stereocenters. The summed E-state index contributed by atoms with van der Waals surface area (Å²) in [5.74, 6) is 1.52. The van der Waals surface area contributed by atoms with Gasteiger partial charge in [0.2, 0.25) is 5.89 Å². The Kier molecular flexibility index (Phi) is 4.50. The van der Waals surface area contributed by atoms with Gasteiger partial charge in [0.05, 0.1) is 6.61 Å². The van der Waals surface area contributed by atoms with E-state index >= 15 is 0 Å². The molecule has 1 aromatic rings.